The quantitative estimate of drug-likeness (QED) is 0.535. The lowest BCUT2D eigenvalue weighted by Crippen LogP contribution is -2.57. The molecule has 3 saturated carbocycles. The van der Waals surface area contributed by atoms with Crippen LogP contribution < -0.4 is 0 Å². The van der Waals surface area contributed by atoms with Crippen molar-refractivity contribution in [2.45, 2.75) is 77.6 Å². The monoisotopic (exact) mass is 390 g/mol. The van der Waals surface area contributed by atoms with Crippen LogP contribution in [0.3, 0.4) is 0 Å². The lowest BCUT2D eigenvalue weighted by atomic mass is 9.46. The van der Waals surface area contributed by atoms with Crippen molar-refractivity contribution in [1.82, 2.24) is 0 Å². The van der Waals surface area contributed by atoms with Crippen LogP contribution in [0.1, 0.15) is 65.2 Å². The Bertz CT molecular complexity index is 680. The van der Waals surface area contributed by atoms with E-state index in [4.69, 9.17) is 14.2 Å². The summed E-state index contributed by atoms with van der Waals surface area (Å²) in [6.07, 6.45) is 9.30. The molecule has 0 spiro atoms. The van der Waals surface area contributed by atoms with Crippen molar-refractivity contribution in [2.24, 2.45) is 28.6 Å². The van der Waals surface area contributed by atoms with Crippen LogP contribution in [-0.2, 0) is 23.8 Å². The molecule has 156 valence electrons. The third-order valence-corrected chi connectivity index (χ3v) is 8.63. The number of methoxy groups -OCH3 is 2. The average molecular weight is 391 g/mol. The van der Waals surface area contributed by atoms with E-state index in [9.17, 15) is 9.59 Å². The number of esters is 1. The molecule has 0 N–H and O–H groups in total. The van der Waals surface area contributed by atoms with Gasteiger partial charge in [0.15, 0.2) is 12.1 Å². The number of rotatable bonds is 4. The standard InChI is InChI=1S/C23H34O5/c1-14(24)28-20-8-7-18-17-6-5-15-13-16(25)9-12-23(15,21(26-3)27-4)19(17)10-11-22(18,20)2/h13,17-21H,5-12H2,1-4H3. The molecule has 0 heterocycles. The molecule has 4 rings (SSSR count). The highest BCUT2D eigenvalue weighted by atomic mass is 16.7. The second-order valence-corrected chi connectivity index (χ2v) is 9.62. The molecule has 0 amide bonds. The van der Waals surface area contributed by atoms with E-state index in [1.807, 2.05) is 6.08 Å². The van der Waals surface area contributed by atoms with E-state index >= 15 is 0 Å². The Kier molecular flexibility index (Phi) is 5.20. The summed E-state index contributed by atoms with van der Waals surface area (Å²) < 4.78 is 17.5. The average Bonchev–Trinajstić information content (AvgIpc) is 2.98. The van der Waals surface area contributed by atoms with Crippen LogP contribution in [0.2, 0.25) is 0 Å². The van der Waals surface area contributed by atoms with Gasteiger partial charge in [0.25, 0.3) is 0 Å². The molecule has 0 radical (unpaired) electrons. The fraction of sp³-hybridized carbons (Fsp3) is 0.826. The Morgan fingerprint density at radius 1 is 1.07 bits per heavy atom. The third kappa shape index (κ3) is 2.80. The van der Waals surface area contributed by atoms with Gasteiger partial charge in [0.05, 0.1) is 0 Å². The first-order chi connectivity index (χ1) is 13.4. The predicted octanol–water partition coefficient (Wildman–Crippen LogP) is 4.05. The summed E-state index contributed by atoms with van der Waals surface area (Å²) in [6, 6.07) is 0. The van der Waals surface area contributed by atoms with Crippen LogP contribution in [0.15, 0.2) is 11.6 Å². The number of hydrogen-bond acceptors (Lipinski definition) is 5. The van der Waals surface area contributed by atoms with Crippen molar-refractivity contribution in [3.05, 3.63) is 11.6 Å². The maximum absolute atomic E-state index is 12.2. The molecule has 0 bridgehead atoms. The van der Waals surface area contributed by atoms with E-state index in [0.717, 1.165) is 44.9 Å². The number of fused-ring (bicyclic) bond motifs is 5. The molecule has 4 aliphatic carbocycles. The first kappa shape index (κ1) is 20.1. The highest BCUT2D eigenvalue weighted by molar-refractivity contribution is 5.91. The molecule has 0 saturated heterocycles. The zero-order valence-electron chi connectivity index (χ0n) is 17.7. The third-order valence-electron chi connectivity index (χ3n) is 8.63. The molecule has 3 fully saturated rings. The molecule has 0 aromatic carbocycles. The van der Waals surface area contributed by atoms with Gasteiger partial charge in [-0.25, -0.2) is 0 Å². The largest absolute Gasteiger partial charge is 0.462 e. The van der Waals surface area contributed by atoms with Crippen LogP contribution in [0.5, 0.6) is 0 Å². The normalized spacial score (nSPS) is 42.5. The first-order valence-electron chi connectivity index (χ1n) is 10.8. The molecule has 28 heavy (non-hydrogen) atoms. The van der Waals surface area contributed by atoms with E-state index in [0.29, 0.717) is 24.2 Å². The lowest BCUT2D eigenvalue weighted by molar-refractivity contribution is -0.215. The van der Waals surface area contributed by atoms with Gasteiger partial charge in [-0.1, -0.05) is 12.5 Å². The SMILES string of the molecule is COC(OC)C12CCC(=O)C=C1CCC1C3CCC(OC(C)=O)C3(C)CCC12. The summed E-state index contributed by atoms with van der Waals surface area (Å²) in [4.78, 5) is 23.8. The van der Waals surface area contributed by atoms with Gasteiger partial charge in [-0.15, -0.1) is 0 Å². The Balaban J connectivity index is 1.70. The van der Waals surface area contributed by atoms with Gasteiger partial charge in [0.2, 0.25) is 0 Å². The molecular formula is C23H34O5. The van der Waals surface area contributed by atoms with Crippen LogP contribution >= 0.6 is 0 Å². The van der Waals surface area contributed by atoms with Crippen LogP contribution in [0.4, 0.5) is 0 Å². The van der Waals surface area contributed by atoms with Crippen molar-refractivity contribution in [2.75, 3.05) is 14.2 Å². The van der Waals surface area contributed by atoms with Gasteiger partial charge < -0.3 is 14.2 Å². The Morgan fingerprint density at radius 3 is 2.50 bits per heavy atom. The second kappa shape index (κ2) is 7.24. The van der Waals surface area contributed by atoms with E-state index in [1.54, 1.807) is 14.2 Å². The van der Waals surface area contributed by atoms with Crippen molar-refractivity contribution in [3.8, 4) is 0 Å². The molecule has 5 heteroatoms. The number of carbonyl (C=O) groups is 2. The Hall–Kier alpha value is -1.20. The highest BCUT2D eigenvalue weighted by Crippen LogP contribution is 2.66. The minimum absolute atomic E-state index is 0.0393. The fourth-order valence-electron chi connectivity index (χ4n) is 7.58. The maximum atomic E-state index is 12.2. The van der Waals surface area contributed by atoms with Gasteiger partial charge in [-0.3, -0.25) is 9.59 Å². The molecule has 4 aliphatic rings. The van der Waals surface area contributed by atoms with Gasteiger partial charge in [0, 0.05) is 38.4 Å². The molecule has 6 atom stereocenters. The summed E-state index contributed by atoms with van der Waals surface area (Å²) in [5.41, 5.74) is 1.12. The topological polar surface area (TPSA) is 61.8 Å². The number of hydrogen-bond donors (Lipinski definition) is 0. The number of ketones is 1. The first-order valence-corrected chi connectivity index (χ1v) is 10.8. The Labute approximate surface area is 168 Å². The van der Waals surface area contributed by atoms with Crippen molar-refractivity contribution >= 4 is 11.8 Å². The zero-order chi connectivity index (χ0) is 20.1. The summed E-state index contributed by atoms with van der Waals surface area (Å²) in [6.45, 7) is 3.86. The number of ether oxygens (including phenoxy) is 3. The van der Waals surface area contributed by atoms with E-state index < -0.39 is 0 Å². The minimum atomic E-state index is -0.310. The Morgan fingerprint density at radius 2 is 1.82 bits per heavy atom. The van der Waals surface area contributed by atoms with Gasteiger partial charge >= 0.3 is 5.97 Å². The summed E-state index contributed by atoms with van der Waals surface area (Å²) in [5.74, 6) is 1.66. The van der Waals surface area contributed by atoms with Crippen LogP contribution in [0, 0.1) is 28.6 Å². The van der Waals surface area contributed by atoms with Crippen molar-refractivity contribution in [1.29, 1.82) is 0 Å². The minimum Gasteiger partial charge on any atom is -0.462 e. The van der Waals surface area contributed by atoms with Gasteiger partial charge in [0.1, 0.15) is 6.10 Å². The summed E-state index contributed by atoms with van der Waals surface area (Å²) >= 11 is 0. The lowest BCUT2D eigenvalue weighted by Gasteiger charge is -2.60. The maximum Gasteiger partial charge on any atom is 0.302 e. The van der Waals surface area contributed by atoms with Crippen LogP contribution in [0.25, 0.3) is 0 Å². The fourth-order valence-corrected chi connectivity index (χ4v) is 7.58. The van der Waals surface area contributed by atoms with Crippen molar-refractivity contribution in [3.63, 3.8) is 0 Å². The molecule has 6 unspecified atom stereocenters. The van der Waals surface area contributed by atoms with Gasteiger partial charge in [-0.2, -0.15) is 0 Å². The summed E-state index contributed by atoms with van der Waals surface area (Å²) in [7, 11) is 3.44. The highest BCUT2D eigenvalue weighted by Gasteiger charge is 2.63. The molecule has 5 nitrogen and oxygen atoms in total. The molecule has 0 aliphatic heterocycles. The molecule has 0 aromatic rings. The van der Waals surface area contributed by atoms with E-state index in [1.165, 1.54) is 12.5 Å². The predicted molar refractivity (Wildman–Crippen MR) is 104 cm³/mol. The molecule has 0 aromatic heterocycles. The van der Waals surface area contributed by atoms with E-state index in [-0.39, 0.29) is 35.0 Å². The molecular weight excluding hydrogens is 356 g/mol. The smallest absolute Gasteiger partial charge is 0.302 e. The van der Waals surface area contributed by atoms with E-state index in [2.05, 4.69) is 6.92 Å². The second-order valence-electron chi connectivity index (χ2n) is 9.62. The van der Waals surface area contributed by atoms with Crippen molar-refractivity contribution < 1.29 is 23.8 Å². The number of carbonyl (C=O) groups excluding carboxylic acids is 2. The summed E-state index contributed by atoms with van der Waals surface area (Å²) in [5, 5.41) is 0. The van der Waals surface area contributed by atoms with Crippen LogP contribution in [-0.4, -0.2) is 38.4 Å². The zero-order valence-corrected chi connectivity index (χ0v) is 17.7. The van der Waals surface area contributed by atoms with Gasteiger partial charge in [-0.05, 0) is 68.8 Å².